The first kappa shape index (κ1) is 13.4. The molecule has 4 heteroatoms. The molecule has 1 rings (SSSR count). The van der Waals surface area contributed by atoms with Crippen LogP contribution in [0.1, 0.15) is 32.4 Å². The van der Waals surface area contributed by atoms with Crippen molar-refractivity contribution in [3.05, 3.63) is 29.8 Å². The molecular formula is C13H20N2O2. The lowest BCUT2D eigenvalue weighted by Crippen LogP contribution is -2.28. The Kier molecular flexibility index (Phi) is 4.82. The van der Waals surface area contributed by atoms with E-state index in [9.17, 15) is 4.79 Å². The summed E-state index contributed by atoms with van der Waals surface area (Å²) < 4.78 is 5.04. The quantitative estimate of drug-likeness (QED) is 0.790. The number of alkyl carbamates (subject to hydrolysis) is 1. The normalized spacial score (nSPS) is 12.2. The van der Waals surface area contributed by atoms with Gasteiger partial charge in [0.25, 0.3) is 0 Å². The van der Waals surface area contributed by atoms with E-state index in [1.54, 1.807) is 0 Å². The highest BCUT2D eigenvalue weighted by Crippen LogP contribution is 2.14. The third-order valence-electron chi connectivity index (χ3n) is 2.32. The molecule has 1 atom stereocenters. The lowest BCUT2D eigenvalue weighted by Gasteiger charge is -2.15. The fourth-order valence-corrected chi connectivity index (χ4v) is 1.33. The van der Waals surface area contributed by atoms with Crippen molar-refractivity contribution in [1.29, 1.82) is 0 Å². The van der Waals surface area contributed by atoms with Gasteiger partial charge < -0.3 is 15.8 Å². The maximum atomic E-state index is 11.4. The van der Waals surface area contributed by atoms with Crippen molar-refractivity contribution < 1.29 is 9.53 Å². The Labute approximate surface area is 102 Å². The van der Waals surface area contributed by atoms with Crippen molar-refractivity contribution in [3.8, 4) is 0 Å². The van der Waals surface area contributed by atoms with Crippen LogP contribution < -0.4 is 11.1 Å². The maximum Gasteiger partial charge on any atom is 0.407 e. The lowest BCUT2D eigenvalue weighted by molar-refractivity contribution is 0.130. The lowest BCUT2D eigenvalue weighted by atomic mass is 10.1. The molecule has 1 amide bonds. The molecule has 1 aromatic carbocycles. The number of amides is 1. The summed E-state index contributed by atoms with van der Waals surface area (Å²) in [4.78, 5) is 11.4. The summed E-state index contributed by atoms with van der Waals surface area (Å²) in [6.07, 6.45) is -0.386. The maximum absolute atomic E-state index is 11.4. The standard InChI is InChI=1S/C13H20N2O2/c1-9(2)8-17-13(16)15-10(3)11-4-6-12(14)7-5-11/h4-7,9-10H,8,14H2,1-3H3,(H,15,16). The molecule has 0 aliphatic rings. The van der Waals surface area contributed by atoms with Gasteiger partial charge in [0.15, 0.2) is 0 Å². The summed E-state index contributed by atoms with van der Waals surface area (Å²) in [6.45, 7) is 6.33. The van der Waals surface area contributed by atoms with Crippen LogP contribution >= 0.6 is 0 Å². The summed E-state index contributed by atoms with van der Waals surface area (Å²) in [6, 6.07) is 7.32. The van der Waals surface area contributed by atoms with E-state index in [0.29, 0.717) is 18.2 Å². The second-order valence-electron chi connectivity index (χ2n) is 4.53. The Morgan fingerprint density at radius 1 is 1.29 bits per heavy atom. The number of carbonyl (C=O) groups is 1. The van der Waals surface area contributed by atoms with Crippen molar-refractivity contribution in [2.24, 2.45) is 5.92 Å². The Morgan fingerprint density at radius 2 is 1.88 bits per heavy atom. The van der Waals surface area contributed by atoms with Crippen LogP contribution in [0.25, 0.3) is 0 Å². The highest BCUT2D eigenvalue weighted by atomic mass is 16.5. The van der Waals surface area contributed by atoms with Gasteiger partial charge in [0, 0.05) is 5.69 Å². The number of benzene rings is 1. The first-order valence-electron chi connectivity index (χ1n) is 5.77. The molecule has 4 nitrogen and oxygen atoms in total. The summed E-state index contributed by atoms with van der Waals surface area (Å²) in [5.74, 6) is 0.340. The summed E-state index contributed by atoms with van der Waals surface area (Å²) in [7, 11) is 0. The van der Waals surface area contributed by atoms with Crippen LogP contribution in [0.2, 0.25) is 0 Å². The SMILES string of the molecule is CC(C)COC(=O)NC(C)c1ccc(N)cc1. The van der Waals surface area contributed by atoms with Gasteiger partial charge in [-0.05, 0) is 30.5 Å². The first-order valence-corrected chi connectivity index (χ1v) is 5.77. The number of carbonyl (C=O) groups excluding carboxylic acids is 1. The molecule has 0 spiro atoms. The molecule has 0 radical (unpaired) electrons. The van der Waals surface area contributed by atoms with Crippen LogP contribution in [0.3, 0.4) is 0 Å². The third-order valence-corrected chi connectivity index (χ3v) is 2.32. The fraction of sp³-hybridized carbons (Fsp3) is 0.462. The van der Waals surface area contributed by atoms with Crippen molar-refractivity contribution in [2.75, 3.05) is 12.3 Å². The molecule has 0 heterocycles. The molecule has 17 heavy (non-hydrogen) atoms. The van der Waals surface area contributed by atoms with Crippen molar-refractivity contribution >= 4 is 11.8 Å². The van der Waals surface area contributed by atoms with Gasteiger partial charge >= 0.3 is 6.09 Å². The first-order chi connectivity index (χ1) is 7.99. The van der Waals surface area contributed by atoms with Crippen LogP contribution in [0.4, 0.5) is 10.5 Å². The second-order valence-corrected chi connectivity index (χ2v) is 4.53. The van der Waals surface area contributed by atoms with Crippen molar-refractivity contribution in [3.63, 3.8) is 0 Å². The van der Waals surface area contributed by atoms with E-state index >= 15 is 0 Å². The van der Waals surface area contributed by atoms with E-state index in [-0.39, 0.29) is 12.1 Å². The molecule has 0 bridgehead atoms. The monoisotopic (exact) mass is 236 g/mol. The number of hydrogen-bond donors (Lipinski definition) is 2. The smallest absolute Gasteiger partial charge is 0.407 e. The molecule has 1 unspecified atom stereocenters. The van der Waals surface area contributed by atoms with Gasteiger partial charge in [-0.1, -0.05) is 26.0 Å². The summed E-state index contributed by atoms with van der Waals surface area (Å²) >= 11 is 0. The van der Waals surface area contributed by atoms with Crippen LogP contribution in [-0.2, 0) is 4.74 Å². The Balaban J connectivity index is 2.46. The molecule has 0 aromatic heterocycles. The van der Waals surface area contributed by atoms with Crippen LogP contribution in [-0.4, -0.2) is 12.7 Å². The number of ether oxygens (including phenoxy) is 1. The summed E-state index contributed by atoms with van der Waals surface area (Å²) in [5, 5.41) is 2.77. The minimum atomic E-state index is -0.386. The van der Waals surface area contributed by atoms with Gasteiger partial charge in [0.1, 0.15) is 0 Å². The van der Waals surface area contributed by atoms with Crippen LogP contribution in [0, 0.1) is 5.92 Å². The Bertz CT molecular complexity index is 360. The highest BCUT2D eigenvalue weighted by molar-refractivity contribution is 5.67. The summed E-state index contributed by atoms with van der Waals surface area (Å²) in [5.41, 5.74) is 7.31. The van der Waals surface area contributed by atoms with Crippen molar-refractivity contribution in [1.82, 2.24) is 5.32 Å². The van der Waals surface area contributed by atoms with Gasteiger partial charge in [-0.15, -0.1) is 0 Å². The minimum Gasteiger partial charge on any atom is -0.449 e. The predicted octanol–water partition coefficient (Wildman–Crippen LogP) is 2.71. The topological polar surface area (TPSA) is 64.3 Å². The van der Waals surface area contributed by atoms with E-state index < -0.39 is 0 Å². The van der Waals surface area contributed by atoms with E-state index in [2.05, 4.69) is 5.32 Å². The van der Waals surface area contributed by atoms with E-state index in [4.69, 9.17) is 10.5 Å². The number of anilines is 1. The number of nitrogens with two attached hydrogens (primary N) is 1. The predicted molar refractivity (Wildman–Crippen MR) is 68.6 cm³/mol. The average molecular weight is 236 g/mol. The molecule has 0 fully saturated rings. The van der Waals surface area contributed by atoms with Gasteiger partial charge in [0.05, 0.1) is 12.6 Å². The van der Waals surface area contributed by atoms with E-state index in [0.717, 1.165) is 5.56 Å². The molecular weight excluding hydrogens is 216 g/mol. The number of nitrogen functional groups attached to an aromatic ring is 1. The van der Waals surface area contributed by atoms with Crippen LogP contribution in [0.5, 0.6) is 0 Å². The number of nitrogens with one attached hydrogen (secondary N) is 1. The molecule has 1 aromatic rings. The van der Waals surface area contributed by atoms with Gasteiger partial charge in [0.2, 0.25) is 0 Å². The highest BCUT2D eigenvalue weighted by Gasteiger charge is 2.10. The zero-order valence-electron chi connectivity index (χ0n) is 10.6. The van der Waals surface area contributed by atoms with Gasteiger partial charge in [-0.2, -0.15) is 0 Å². The zero-order chi connectivity index (χ0) is 12.8. The minimum absolute atomic E-state index is 0.0877. The average Bonchev–Trinajstić information content (AvgIpc) is 2.27. The third kappa shape index (κ3) is 4.76. The fourth-order valence-electron chi connectivity index (χ4n) is 1.33. The van der Waals surface area contributed by atoms with Gasteiger partial charge in [-0.25, -0.2) is 4.79 Å². The Hall–Kier alpha value is -1.71. The largest absolute Gasteiger partial charge is 0.449 e. The molecule has 0 saturated heterocycles. The molecule has 0 aliphatic heterocycles. The zero-order valence-corrected chi connectivity index (χ0v) is 10.6. The van der Waals surface area contributed by atoms with Crippen molar-refractivity contribution in [2.45, 2.75) is 26.8 Å². The second kappa shape index (κ2) is 6.13. The number of hydrogen-bond acceptors (Lipinski definition) is 3. The molecule has 0 saturated carbocycles. The number of rotatable bonds is 4. The van der Waals surface area contributed by atoms with E-state index in [1.165, 1.54) is 0 Å². The van der Waals surface area contributed by atoms with Crippen LogP contribution in [0.15, 0.2) is 24.3 Å². The molecule has 0 aliphatic carbocycles. The van der Waals surface area contributed by atoms with E-state index in [1.807, 2.05) is 45.0 Å². The van der Waals surface area contributed by atoms with Gasteiger partial charge in [-0.3, -0.25) is 0 Å². The Morgan fingerprint density at radius 3 is 2.41 bits per heavy atom. The molecule has 3 N–H and O–H groups in total. The molecule has 94 valence electrons.